The van der Waals surface area contributed by atoms with E-state index < -0.39 is 0 Å². The van der Waals surface area contributed by atoms with Crippen LogP contribution in [0.15, 0.2) is 46.2 Å². The first-order chi connectivity index (χ1) is 9.56. The number of halogens is 2. The highest BCUT2D eigenvalue weighted by atomic mass is 35.5. The van der Waals surface area contributed by atoms with Crippen LogP contribution >= 0.6 is 46.7 Å². The van der Waals surface area contributed by atoms with E-state index in [1.165, 1.54) is 0 Å². The molecule has 106 valence electrons. The average Bonchev–Trinajstić information content (AvgIpc) is 2.42. The molecule has 6 heteroatoms. The van der Waals surface area contributed by atoms with Gasteiger partial charge < -0.3 is 11.5 Å². The highest BCUT2D eigenvalue weighted by molar-refractivity contribution is 8.03. The second-order valence-electron chi connectivity index (χ2n) is 4.06. The van der Waals surface area contributed by atoms with E-state index in [0.29, 0.717) is 21.4 Å². The van der Waals surface area contributed by atoms with Gasteiger partial charge in [-0.3, -0.25) is 0 Å². The van der Waals surface area contributed by atoms with Crippen molar-refractivity contribution in [2.45, 2.75) is 9.79 Å². The van der Waals surface area contributed by atoms with Crippen LogP contribution in [0, 0.1) is 0 Å². The maximum absolute atomic E-state index is 5.98. The van der Waals surface area contributed by atoms with Crippen molar-refractivity contribution in [2.75, 3.05) is 23.0 Å². The number of anilines is 2. The lowest BCUT2D eigenvalue weighted by molar-refractivity contribution is 1.41. The quantitative estimate of drug-likeness (QED) is 0.453. The SMILES string of the molecule is Nc1ccc(SCCSc2ccc(N)c(Cl)c2)cc1Cl. The smallest absolute Gasteiger partial charge is 0.0646 e. The molecule has 0 amide bonds. The molecule has 20 heavy (non-hydrogen) atoms. The van der Waals surface area contributed by atoms with Crippen LogP contribution in [0.3, 0.4) is 0 Å². The van der Waals surface area contributed by atoms with Crippen molar-refractivity contribution < 1.29 is 0 Å². The van der Waals surface area contributed by atoms with Crippen LogP contribution in [0.1, 0.15) is 0 Å². The van der Waals surface area contributed by atoms with Crippen molar-refractivity contribution >= 4 is 58.1 Å². The van der Waals surface area contributed by atoms with E-state index in [1.807, 2.05) is 36.4 Å². The highest BCUT2D eigenvalue weighted by Crippen LogP contribution is 2.29. The Kier molecular flexibility index (Phi) is 5.78. The summed E-state index contributed by atoms with van der Waals surface area (Å²) in [5, 5.41) is 1.21. The van der Waals surface area contributed by atoms with Crippen molar-refractivity contribution in [1.29, 1.82) is 0 Å². The van der Waals surface area contributed by atoms with E-state index in [-0.39, 0.29) is 0 Å². The summed E-state index contributed by atoms with van der Waals surface area (Å²) in [4.78, 5) is 2.25. The van der Waals surface area contributed by atoms with Crippen molar-refractivity contribution in [3.05, 3.63) is 46.4 Å². The zero-order valence-electron chi connectivity index (χ0n) is 10.6. The molecule has 0 fully saturated rings. The number of benzene rings is 2. The van der Waals surface area contributed by atoms with Crippen LogP contribution in [-0.4, -0.2) is 11.5 Å². The summed E-state index contributed by atoms with van der Waals surface area (Å²) in [5.41, 5.74) is 12.6. The Morgan fingerprint density at radius 1 is 0.750 bits per heavy atom. The Morgan fingerprint density at radius 3 is 1.50 bits per heavy atom. The van der Waals surface area contributed by atoms with Gasteiger partial charge in [0, 0.05) is 21.3 Å². The maximum atomic E-state index is 5.98. The zero-order valence-corrected chi connectivity index (χ0v) is 13.8. The Balaban J connectivity index is 1.81. The minimum absolute atomic E-state index is 0.605. The summed E-state index contributed by atoms with van der Waals surface area (Å²) < 4.78 is 0. The van der Waals surface area contributed by atoms with Crippen LogP contribution < -0.4 is 11.5 Å². The van der Waals surface area contributed by atoms with Gasteiger partial charge in [-0.2, -0.15) is 0 Å². The number of nitrogen functional groups attached to an aromatic ring is 2. The van der Waals surface area contributed by atoms with Gasteiger partial charge in [-0.05, 0) is 36.4 Å². The summed E-state index contributed by atoms with van der Waals surface area (Å²) >= 11 is 15.5. The lowest BCUT2D eigenvalue weighted by Gasteiger charge is -2.05. The topological polar surface area (TPSA) is 52.0 Å². The van der Waals surface area contributed by atoms with Crippen molar-refractivity contribution in [3.8, 4) is 0 Å². The van der Waals surface area contributed by atoms with E-state index in [9.17, 15) is 0 Å². The Bertz CT molecular complexity index is 552. The van der Waals surface area contributed by atoms with Gasteiger partial charge in [0.2, 0.25) is 0 Å². The first-order valence-corrected chi connectivity index (χ1v) is 8.64. The van der Waals surface area contributed by atoms with Gasteiger partial charge in [-0.15, -0.1) is 23.5 Å². The van der Waals surface area contributed by atoms with Gasteiger partial charge in [0.15, 0.2) is 0 Å². The molecule has 0 unspecified atom stereocenters. The molecule has 0 saturated heterocycles. The second-order valence-corrected chi connectivity index (χ2v) is 7.21. The second kappa shape index (κ2) is 7.36. The maximum Gasteiger partial charge on any atom is 0.0646 e. The summed E-state index contributed by atoms with van der Waals surface area (Å²) in [5.74, 6) is 1.96. The van der Waals surface area contributed by atoms with E-state index >= 15 is 0 Å². The standard InChI is InChI=1S/C14H14Cl2N2S2/c15-11-7-9(1-3-13(11)17)19-5-6-20-10-2-4-14(18)12(16)8-10/h1-4,7-8H,5-6,17-18H2. The summed E-state index contributed by atoms with van der Waals surface area (Å²) in [6.45, 7) is 0. The van der Waals surface area contributed by atoms with Crippen LogP contribution in [0.25, 0.3) is 0 Å². The average molecular weight is 345 g/mol. The fourth-order valence-electron chi connectivity index (χ4n) is 1.51. The molecule has 0 aliphatic rings. The molecule has 0 radical (unpaired) electrons. The van der Waals surface area contributed by atoms with Crippen molar-refractivity contribution in [3.63, 3.8) is 0 Å². The normalized spacial score (nSPS) is 10.7. The van der Waals surface area contributed by atoms with Gasteiger partial charge in [-0.1, -0.05) is 23.2 Å². The Morgan fingerprint density at radius 2 is 1.15 bits per heavy atom. The fourth-order valence-corrected chi connectivity index (χ4v) is 3.87. The monoisotopic (exact) mass is 344 g/mol. The van der Waals surface area contributed by atoms with E-state index in [0.717, 1.165) is 21.3 Å². The van der Waals surface area contributed by atoms with E-state index in [2.05, 4.69) is 0 Å². The molecule has 0 aromatic heterocycles. The fraction of sp³-hybridized carbons (Fsp3) is 0.143. The van der Waals surface area contributed by atoms with Crippen molar-refractivity contribution in [1.82, 2.24) is 0 Å². The predicted molar refractivity (Wildman–Crippen MR) is 93.2 cm³/mol. The van der Waals surface area contributed by atoms with Crippen molar-refractivity contribution in [2.24, 2.45) is 0 Å². The molecule has 2 rings (SSSR count). The number of thioether (sulfide) groups is 2. The van der Waals surface area contributed by atoms with Crippen LogP contribution in [-0.2, 0) is 0 Å². The van der Waals surface area contributed by atoms with Gasteiger partial charge in [0.25, 0.3) is 0 Å². The lowest BCUT2D eigenvalue weighted by atomic mass is 10.3. The van der Waals surface area contributed by atoms with E-state index in [1.54, 1.807) is 23.5 Å². The third-order valence-corrected chi connectivity index (χ3v) is 5.47. The minimum Gasteiger partial charge on any atom is -0.398 e. The lowest BCUT2D eigenvalue weighted by Crippen LogP contribution is -1.89. The highest BCUT2D eigenvalue weighted by Gasteiger charge is 2.01. The first kappa shape index (κ1) is 15.7. The molecule has 4 N–H and O–H groups in total. The van der Waals surface area contributed by atoms with E-state index in [4.69, 9.17) is 34.7 Å². The molecule has 0 spiro atoms. The molecule has 2 aromatic carbocycles. The number of hydrogen-bond donors (Lipinski definition) is 2. The minimum atomic E-state index is 0.605. The van der Waals surface area contributed by atoms with Gasteiger partial charge in [-0.25, -0.2) is 0 Å². The van der Waals surface area contributed by atoms with Crippen LogP contribution in [0.4, 0.5) is 11.4 Å². The number of rotatable bonds is 5. The first-order valence-electron chi connectivity index (χ1n) is 5.92. The van der Waals surface area contributed by atoms with Crippen LogP contribution in [0.5, 0.6) is 0 Å². The molecule has 0 bridgehead atoms. The summed E-state index contributed by atoms with van der Waals surface area (Å²) in [6.07, 6.45) is 0. The van der Waals surface area contributed by atoms with Gasteiger partial charge in [0.1, 0.15) is 0 Å². The number of hydrogen-bond acceptors (Lipinski definition) is 4. The summed E-state index contributed by atoms with van der Waals surface area (Å²) in [7, 11) is 0. The molecule has 0 heterocycles. The molecule has 2 aromatic rings. The summed E-state index contributed by atoms with van der Waals surface area (Å²) in [6, 6.07) is 11.4. The number of nitrogens with two attached hydrogens (primary N) is 2. The molecular formula is C14H14Cl2N2S2. The molecule has 0 atom stereocenters. The Labute approximate surface area is 137 Å². The molecule has 0 saturated carbocycles. The molecule has 2 nitrogen and oxygen atoms in total. The predicted octanol–water partition coefficient (Wildman–Crippen LogP) is 5.04. The molecule has 0 aliphatic carbocycles. The zero-order chi connectivity index (χ0) is 14.5. The van der Waals surface area contributed by atoms with Gasteiger partial charge in [0.05, 0.1) is 21.4 Å². The third-order valence-electron chi connectivity index (χ3n) is 2.56. The molecule has 0 aliphatic heterocycles. The molecular weight excluding hydrogens is 331 g/mol. The Hall–Kier alpha value is -0.680. The third kappa shape index (κ3) is 4.42. The van der Waals surface area contributed by atoms with Gasteiger partial charge >= 0.3 is 0 Å². The van der Waals surface area contributed by atoms with Crippen LogP contribution in [0.2, 0.25) is 10.0 Å². The largest absolute Gasteiger partial charge is 0.398 e.